The minimum absolute atomic E-state index is 0.263. The number of hydrogen-bond acceptors (Lipinski definition) is 5. The Bertz CT molecular complexity index is 846. The summed E-state index contributed by atoms with van der Waals surface area (Å²) in [5.41, 5.74) is 1.99. The number of nitrogens with one attached hydrogen (secondary N) is 1. The Hall–Kier alpha value is -2.86. The Labute approximate surface area is 143 Å². The summed E-state index contributed by atoms with van der Waals surface area (Å²) in [5, 5.41) is 5.38. The van der Waals surface area contributed by atoms with Crippen LogP contribution in [0.1, 0.15) is 10.5 Å². The molecule has 0 fully saturated rings. The van der Waals surface area contributed by atoms with Crippen LogP contribution >= 0.6 is 11.3 Å². The second-order valence-electron chi connectivity index (χ2n) is 4.93. The van der Waals surface area contributed by atoms with Gasteiger partial charge in [0.25, 0.3) is 5.91 Å². The predicted molar refractivity (Wildman–Crippen MR) is 95.0 cm³/mol. The number of amides is 1. The van der Waals surface area contributed by atoms with E-state index >= 15 is 0 Å². The zero-order valence-electron chi connectivity index (χ0n) is 13.3. The first-order chi connectivity index (χ1) is 11.7. The Morgan fingerprint density at radius 3 is 2.50 bits per heavy atom. The minimum Gasteiger partial charge on any atom is -0.493 e. The van der Waals surface area contributed by atoms with Gasteiger partial charge in [-0.15, -0.1) is 11.3 Å². The van der Waals surface area contributed by atoms with Crippen LogP contribution in [0.15, 0.2) is 53.9 Å². The molecule has 1 amide bonds. The highest BCUT2D eigenvalue weighted by molar-refractivity contribution is 7.13. The van der Waals surface area contributed by atoms with Crippen molar-refractivity contribution in [1.82, 2.24) is 4.98 Å². The summed E-state index contributed by atoms with van der Waals surface area (Å²) < 4.78 is 10.4. The molecule has 0 atom stereocenters. The lowest BCUT2D eigenvalue weighted by molar-refractivity contribution is 0.102. The average molecular weight is 340 g/mol. The molecule has 3 aromatic rings. The first-order valence-electron chi connectivity index (χ1n) is 7.25. The maximum atomic E-state index is 12.4. The molecule has 3 rings (SSSR count). The number of aromatic nitrogens is 1. The lowest BCUT2D eigenvalue weighted by Gasteiger charge is -2.09. The first-order valence-corrected chi connectivity index (χ1v) is 8.13. The molecule has 0 saturated carbocycles. The molecular formula is C18H16N2O3S. The average Bonchev–Trinajstić information content (AvgIpc) is 3.12. The van der Waals surface area contributed by atoms with Crippen LogP contribution in [0.2, 0.25) is 0 Å². The zero-order chi connectivity index (χ0) is 16.9. The topological polar surface area (TPSA) is 60.5 Å². The lowest BCUT2D eigenvalue weighted by atomic mass is 10.2. The molecule has 0 bridgehead atoms. The summed E-state index contributed by atoms with van der Waals surface area (Å²) >= 11 is 1.44. The van der Waals surface area contributed by atoms with Gasteiger partial charge < -0.3 is 14.8 Å². The predicted octanol–water partition coefficient (Wildman–Crippen LogP) is 4.08. The van der Waals surface area contributed by atoms with Crippen LogP contribution in [0.3, 0.4) is 0 Å². The second-order valence-corrected chi connectivity index (χ2v) is 5.79. The van der Waals surface area contributed by atoms with Gasteiger partial charge in [0.05, 0.1) is 14.2 Å². The smallest absolute Gasteiger partial charge is 0.275 e. The molecule has 1 aromatic heterocycles. The van der Waals surface area contributed by atoms with Crippen molar-refractivity contribution >= 4 is 22.9 Å². The zero-order valence-corrected chi connectivity index (χ0v) is 14.1. The van der Waals surface area contributed by atoms with Gasteiger partial charge in [0.2, 0.25) is 0 Å². The van der Waals surface area contributed by atoms with Crippen molar-refractivity contribution in [3.05, 3.63) is 59.6 Å². The van der Waals surface area contributed by atoms with Gasteiger partial charge in [-0.05, 0) is 12.1 Å². The highest BCUT2D eigenvalue weighted by Gasteiger charge is 2.13. The molecule has 1 N–H and O–H groups in total. The van der Waals surface area contributed by atoms with Crippen LogP contribution in [0.25, 0.3) is 10.6 Å². The molecule has 0 radical (unpaired) electrons. The fourth-order valence-corrected chi connectivity index (χ4v) is 3.01. The molecule has 5 nitrogen and oxygen atoms in total. The summed E-state index contributed by atoms with van der Waals surface area (Å²) in [4.78, 5) is 16.8. The molecule has 0 aliphatic carbocycles. The molecule has 122 valence electrons. The van der Waals surface area contributed by atoms with E-state index in [1.54, 1.807) is 37.8 Å². The fourth-order valence-electron chi connectivity index (χ4n) is 2.20. The number of carbonyl (C=O) groups excluding carboxylic acids is 1. The van der Waals surface area contributed by atoms with Gasteiger partial charge in [0.1, 0.15) is 10.7 Å². The van der Waals surface area contributed by atoms with E-state index in [-0.39, 0.29) is 5.91 Å². The van der Waals surface area contributed by atoms with E-state index in [1.165, 1.54) is 11.3 Å². The standard InChI is InChI=1S/C18H16N2O3S/c1-22-15-9-8-13(10-16(15)23-2)19-17(21)14-11-24-18(20-14)12-6-4-3-5-7-12/h3-11H,1-2H3,(H,19,21). The highest BCUT2D eigenvalue weighted by atomic mass is 32.1. The lowest BCUT2D eigenvalue weighted by Crippen LogP contribution is -2.12. The van der Waals surface area contributed by atoms with Gasteiger partial charge in [-0.1, -0.05) is 30.3 Å². The van der Waals surface area contributed by atoms with Gasteiger partial charge in [0.15, 0.2) is 11.5 Å². The Morgan fingerprint density at radius 2 is 1.79 bits per heavy atom. The van der Waals surface area contributed by atoms with Crippen LogP contribution in [-0.4, -0.2) is 25.1 Å². The first kappa shape index (κ1) is 16.0. The van der Waals surface area contributed by atoms with Crippen LogP contribution < -0.4 is 14.8 Å². The van der Waals surface area contributed by atoms with Crippen molar-refractivity contribution in [1.29, 1.82) is 0 Å². The van der Waals surface area contributed by atoms with Crippen LogP contribution in [0, 0.1) is 0 Å². The molecule has 0 aliphatic rings. The number of benzene rings is 2. The third kappa shape index (κ3) is 3.38. The molecule has 1 heterocycles. The monoisotopic (exact) mass is 340 g/mol. The molecule has 0 aliphatic heterocycles. The van der Waals surface area contributed by atoms with Gasteiger partial charge in [-0.25, -0.2) is 4.98 Å². The molecular weight excluding hydrogens is 324 g/mol. The largest absolute Gasteiger partial charge is 0.493 e. The number of rotatable bonds is 5. The second kappa shape index (κ2) is 7.14. The van der Waals surface area contributed by atoms with Crippen molar-refractivity contribution in [3.8, 4) is 22.1 Å². The van der Waals surface area contributed by atoms with Gasteiger partial charge in [0, 0.05) is 22.7 Å². The molecule has 2 aromatic carbocycles. The summed E-state index contributed by atoms with van der Waals surface area (Å²) in [6.07, 6.45) is 0. The summed E-state index contributed by atoms with van der Waals surface area (Å²) in [6, 6.07) is 15.0. The quantitative estimate of drug-likeness (QED) is 0.760. The number of nitrogens with zero attached hydrogens (tertiary/aromatic N) is 1. The number of thiazole rings is 1. The van der Waals surface area contributed by atoms with E-state index in [9.17, 15) is 4.79 Å². The van der Waals surface area contributed by atoms with Crippen molar-refractivity contribution < 1.29 is 14.3 Å². The summed E-state index contributed by atoms with van der Waals surface area (Å²) in [5.74, 6) is 0.898. The molecule has 0 saturated heterocycles. The Balaban J connectivity index is 1.77. The van der Waals surface area contributed by atoms with Crippen LogP contribution in [-0.2, 0) is 0 Å². The normalized spacial score (nSPS) is 10.2. The molecule has 6 heteroatoms. The number of carbonyl (C=O) groups is 1. The highest BCUT2D eigenvalue weighted by Crippen LogP contribution is 2.30. The SMILES string of the molecule is COc1ccc(NC(=O)c2csc(-c3ccccc3)n2)cc1OC. The van der Waals surface area contributed by atoms with E-state index in [1.807, 2.05) is 30.3 Å². The van der Waals surface area contributed by atoms with Gasteiger partial charge in [-0.2, -0.15) is 0 Å². The van der Waals surface area contributed by atoms with E-state index in [0.717, 1.165) is 10.6 Å². The van der Waals surface area contributed by atoms with E-state index in [4.69, 9.17) is 9.47 Å². The fraction of sp³-hybridized carbons (Fsp3) is 0.111. The minimum atomic E-state index is -0.263. The maximum absolute atomic E-state index is 12.4. The third-order valence-electron chi connectivity index (χ3n) is 3.40. The molecule has 24 heavy (non-hydrogen) atoms. The number of anilines is 1. The van der Waals surface area contributed by atoms with Crippen molar-refractivity contribution in [2.75, 3.05) is 19.5 Å². The number of ether oxygens (including phenoxy) is 2. The van der Waals surface area contributed by atoms with Crippen molar-refractivity contribution in [3.63, 3.8) is 0 Å². The summed E-state index contributed by atoms with van der Waals surface area (Å²) in [7, 11) is 3.12. The third-order valence-corrected chi connectivity index (χ3v) is 4.29. The van der Waals surface area contributed by atoms with E-state index in [2.05, 4.69) is 10.3 Å². The van der Waals surface area contributed by atoms with Gasteiger partial charge >= 0.3 is 0 Å². The Morgan fingerprint density at radius 1 is 1.04 bits per heavy atom. The summed E-state index contributed by atoms with van der Waals surface area (Å²) in [6.45, 7) is 0. The van der Waals surface area contributed by atoms with E-state index in [0.29, 0.717) is 22.9 Å². The van der Waals surface area contributed by atoms with Crippen LogP contribution in [0.5, 0.6) is 11.5 Å². The van der Waals surface area contributed by atoms with Crippen molar-refractivity contribution in [2.45, 2.75) is 0 Å². The maximum Gasteiger partial charge on any atom is 0.275 e. The molecule has 0 spiro atoms. The van der Waals surface area contributed by atoms with Crippen LogP contribution in [0.4, 0.5) is 5.69 Å². The molecule has 0 unspecified atom stereocenters. The number of hydrogen-bond donors (Lipinski definition) is 1. The van der Waals surface area contributed by atoms with Crippen molar-refractivity contribution in [2.24, 2.45) is 0 Å². The van der Waals surface area contributed by atoms with Gasteiger partial charge in [-0.3, -0.25) is 4.79 Å². The van der Waals surface area contributed by atoms with E-state index < -0.39 is 0 Å². The Kier molecular flexibility index (Phi) is 4.77. The number of methoxy groups -OCH3 is 2.